The van der Waals surface area contributed by atoms with E-state index in [0.717, 1.165) is 62.5 Å². The van der Waals surface area contributed by atoms with Gasteiger partial charge in [-0.25, -0.2) is 0 Å². The SMILES string of the molecule is CCCCC(CC)CP(=O)(CC(CC)CCCC)C(Nc1ccccc1Cl)(c1ccc(N)c(Cl)c1)c1ccc(N)c(Cl)c1. The molecule has 2 atom stereocenters. The zero-order valence-electron chi connectivity index (χ0n) is 26.1. The summed E-state index contributed by atoms with van der Waals surface area (Å²) in [5.74, 6) is 0.575. The summed E-state index contributed by atoms with van der Waals surface area (Å²) < 4.78 is 16.6. The minimum atomic E-state index is -3.25. The van der Waals surface area contributed by atoms with Gasteiger partial charge in [-0.2, -0.15) is 0 Å². The van der Waals surface area contributed by atoms with E-state index in [1.54, 1.807) is 12.1 Å². The average molecular weight is 665 g/mol. The van der Waals surface area contributed by atoms with E-state index >= 15 is 4.57 Å². The molecule has 0 amide bonds. The molecule has 0 aliphatic carbocycles. The Hall–Kier alpha value is -1.84. The summed E-state index contributed by atoms with van der Waals surface area (Å²) >= 11 is 20.3. The van der Waals surface area contributed by atoms with Crippen molar-refractivity contribution in [3.05, 3.63) is 86.9 Å². The predicted octanol–water partition coefficient (Wildman–Crippen LogP) is 11.9. The van der Waals surface area contributed by atoms with E-state index in [0.29, 0.717) is 44.5 Å². The molecule has 0 radical (unpaired) electrons. The zero-order chi connectivity index (χ0) is 31.6. The summed E-state index contributed by atoms with van der Waals surface area (Å²) in [6.45, 7) is 8.84. The van der Waals surface area contributed by atoms with E-state index in [2.05, 4.69) is 33.0 Å². The Labute approximate surface area is 274 Å². The van der Waals surface area contributed by atoms with Crippen molar-refractivity contribution in [1.82, 2.24) is 0 Å². The molecule has 2 unspecified atom stereocenters. The molecule has 236 valence electrons. The number of hydrogen-bond donors (Lipinski definition) is 3. The van der Waals surface area contributed by atoms with Gasteiger partial charge in [-0.3, -0.25) is 0 Å². The minimum absolute atomic E-state index is 0.287. The van der Waals surface area contributed by atoms with E-state index < -0.39 is 12.4 Å². The largest absolute Gasteiger partial charge is 0.398 e. The normalized spacial score (nSPS) is 14.7. The third-order valence-corrected chi connectivity index (χ3v) is 13.9. The second kappa shape index (κ2) is 16.5. The van der Waals surface area contributed by atoms with Gasteiger partial charge in [0.25, 0.3) is 0 Å². The number of para-hydroxylation sites is 1. The third-order valence-electron chi connectivity index (χ3n) is 8.83. The molecule has 0 aromatic heterocycles. The Morgan fingerprint density at radius 2 is 1.19 bits per heavy atom. The fourth-order valence-electron chi connectivity index (χ4n) is 6.16. The van der Waals surface area contributed by atoms with Crippen LogP contribution in [0, 0.1) is 11.8 Å². The average Bonchev–Trinajstić information content (AvgIpc) is 2.99. The van der Waals surface area contributed by atoms with Crippen LogP contribution in [0.3, 0.4) is 0 Å². The molecule has 0 bridgehead atoms. The lowest BCUT2D eigenvalue weighted by molar-refractivity contribution is 0.453. The van der Waals surface area contributed by atoms with Crippen molar-refractivity contribution in [3.63, 3.8) is 0 Å². The highest BCUT2D eigenvalue weighted by Gasteiger charge is 2.52. The molecule has 0 aliphatic rings. The summed E-state index contributed by atoms with van der Waals surface area (Å²) in [5, 5.41) is 3.96. The molecule has 0 spiro atoms. The van der Waals surface area contributed by atoms with Crippen LogP contribution in [0.4, 0.5) is 17.1 Å². The van der Waals surface area contributed by atoms with Gasteiger partial charge in [-0.05, 0) is 59.4 Å². The van der Waals surface area contributed by atoms with Crippen molar-refractivity contribution in [2.45, 2.75) is 84.3 Å². The number of unbranched alkanes of at least 4 members (excludes halogenated alkanes) is 2. The molecule has 0 heterocycles. The highest BCUT2D eigenvalue weighted by Crippen LogP contribution is 2.69. The highest BCUT2D eigenvalue weighted by molar-refractivity contribution is 7.65. The Morgan fingerprint density at radius 1 is 0.721 bits per heavy atom. The molecule has 3 rings (SSSR count). The maximum Gasteiger partial charge on any atom is 0.142 e. The first-order valence-corrected chi connectivity index (χ1v) is 19.0. The van der Waals surface area contributed by atoms with Crippen LogP contribution in [-0.2, 0) is 9.85 Å². The number of halogens is 3. The van der Waals surface area contributed by atoms with Crippen LogP contribution in [-0.4, -0.2) is 12.3 Å². The van der Waals surface area contributed by atoms with Crippen LogP contribution in [0.15, 0.2) is 60.7 Å². The number of hydrogen-bond acceptors (Lipinski definition) is 4. The van der Waals surface area contributed by atoms with Gasteiger partial charge in [-0.15, -0.1) is 0 Å². The first-order chi connectivity index (χ1) is 20.5. The Balaban J connectivity index is 2.47. The van der Waals surface area contributed by atoms with Crippen LogP contribution in [0.5, 0.6) is 0 Å². The zero-order valence-corrected chi connectivity index (χ0v) is 29.3. The maximum atomic E-state index is 16.6. The molecule has 0 aliphatic heterocycles. The standard InChI is InChI=1S/C35H49Cl3N3OP/c1-5-9-13-25(7-3)23-43(42,24-26(8-4)14-10-6-2)35(27-17-19-32(39)30(37)21-27,28-18-20-33(40)31(38)22-28)41-34-16-12-11-15-29(34)36/h11-12,15-22,25-26,41H,5-10,13-14,23-24,39-40H2,1-4H3. The van der Waals surface area contributed by atoms with Gasteiger partial charge < -0.3 is 21.3 Å². The molecule has 5 N–H and O–H groups in total. The van der Waals surface area contributed by atoms with Gasteiger partial charge in [0.05, 0.1) is 32.1 Å². The number of benzene rings is 3. The molecule has 0 saturated heterocycles. The van der Waals surface area contributed by atoms with Gasteiger partial charge in [0.2, 0.25) is 0 Å². The van der Waals surface area contributed by atoms with Crippen molar-refractivity contribution in [2.75, 3.05) is 29.1 Å². The number of nitrogens with one attached hydrogen (secondary N) is 1. The van der Waals surface area contributed by atoms with Crippen molar-refractivity contribution in [1.29, 1.82) is 0 Å². The number of rotatable bonds is 17. The van der Waals surface area contributed by atoms with Crippen LogP contribution in [0.2, 0.25) is 15.1 Å². The second-order valence-electron chi connectivity index (χ2n) is 11.9. The molecule has 0 saturated carbocycles. The first-order valence-electron chi connectivity index (χ1n) is 15.8. The van der Waals surface area contributed by atoms with Crippen molar-refractivity contribution < 1.29 is 4.57 Å². The van der Waals surface area contributed by atoms with Crippen molar-refractivity contribution in [3.8, 4) is 0 Å². The van der Waals surface area contributed by atoms with Crippen molar-refractivity contribution >= 4 is 59.0 Å². The van der Waals surface area contributed by atoms with Gasteiger partial charge in [0.1, 0.15) is 12.4 Å². The van der Waals surface area contributed by atoms with E-state index in [1.165, 1.54) is 0 Å². The summed E-state index contributed by atoms with van der Waals surface area (Å²) in [6, 6.07) is 18.8. The van der Waals surface area contributed by atoms with Gasteiger partial charge in [0, 0.05) is 12.3 Å². The number of nitrogen functional groups attached to an aromatic ring is 2. The third kappa shape index (κ3) is 8.46. The van der Waals surface area contributed by atoms with Crippen LogP contribution < -0.4 is 16.8 Å². The topological polar surface area (TPSA) is 81.1 Å². The predicted molar refractivity (Wildman–Crippen MR) is 192 cm³/mol. The lowest BCUT2D eigenvalue weighted by Gasteiger charge is -2.46. The molecule has 0 fully saturated rings. The van der Waals surface area contributed by atoms with Gasteiger partial charge >= 0.3 is 0 Å². The number of nitrogens with two attached hydrogens (primary N) is 2. The van der Waals surface area contributed by atoms with Crippen LogP contribution in [0.1, 0.15) is 90.2 Å². The van der Waals surface area contributed by atoms with Crippen LogP contribution in [0.25, 0.3) is 0 Å². The molecule has 4 nitrogen and oxygen atoms in total. The van der Waals surface area contributed by atoms with E-state index in [1.807, 2.05) is 48.5 Å². The lowest BCUT2D eigenvalue weighted by Crippen LogP contribution is -2.40. The van der Waals surface area contributed by atoms with Crippen LogP contribution >= 0.6 is 41.9 Å². The molecule has 43 heavy (non-hydrogen) atoms. The molecule has 3 aromatic rings. The Kier molecular flexibility index (Phi) is 13.6. The minimum Gasteiger partial charge on any atom is -0.398 e. The fraction of sp³-hybridized carbons (Fsp3) is 0.486. The Morgan fingerprint density at radius 3 is 1.58 bits per heavy atom. The monoisotopic (exact) mass is 663 g/mol. The lowest BCUT2D eigenvalue weighted by atomic mass is 9.96. The molecular formula is C35H49Cl3N3OP. The summed E-state index contributed by atoms with van der Waals surface area (Å²) in [5.41, 5.74) is 15.6. The maximum absolute atomic E-state index is 16.6. The quantitative estimate of drug-likeness (QED) is 0.0990. The van der Waals surface area contributed by atoms with E-state index in [9.17, 15) is 0 Å². The molecule has 8 heteroatoms. The van der Waals surface area contributed by atoms with Gasteiger partial charge in [0.15, 0.2) is 0 Å². The summed E-state index contributed by atoms with van der Waals surface area (Å²) in [7, 11) is -3.25. The van der Waals surface area contributed by atoms with E-state index in [4.69, 9.17) is 46.3 Å². The summed E-state index contributed by atoms with van der Waals surface area (Å²) in [4.78, 5) is 0. The summed E-state index contributed by atoms with van der Waals surface area (Å²) in [6.07, 6.45) is 9.48. The number of anilines is 3. The van der Waals surface area contributed by atoms with Crippen molar-refractivity contribution in [2.24, 2.45) is 11.8 Å². The fourth-order valence-corrected chi connectivity index (χ4v) is 11.5. The van der Waals surface area contributed by atoms with E-state index in [-0.39, 0.29) is 11.8 Å². The smallest absolute Gasteiger partial charge is 0.142 e. The highest BCUT2D eigenvalue weighted by atomic mass is 35.5. The molecule has 3 aromatic carbocycles. The second-order valence-corrected chi connectivity index (χ2v) is 16.3. The Bertz CT molecular complexity index is 1310. The van der Waals surface area contributed by atoms with Gasteiger partial charge in [-0.1, -0.05) is 138 Å². The molecular weight excluding hydrogens is 616 g/mol. The first kappa shape index (κ1) is 35.6.